The first-order valence-electron chi connectivity index (χ1n) is 17.5. The zero-order valence-electron chi connectivity index (χ0n) is 30.6. The van der Waals surface area contributed by atoms with E-state index in [1.165, 1.54) is 16.7 Å². The third-order valence-electron chi connectivity index (χ3n) is 9.56. The van der Waals surface area contributed by atoms with Gasteiger partial charge in [0.05, 0.1) is 23.5 Å². The predicted octanol–water partition coefficient (Wildman–Crippen LogP) is 6.63. The number of likely N-dealkylation sites (N-methyl/N-ethyl adjacent to an activating group) is 1. The van der Waals surface area contributed by atoms with Gasteiger partial charge in [-0.15, -0.1) is 0 Å². The van der Waals surface area contributed by atoms with E-state index in [0.717, 1.165) is 33.8 Å². The van der Waals surface area contributed by atoms with Crippen LogP contribution < -0.4 is 20.0 Å². The Bertz CT molecular complexity index is 1970. The number of aromatic nitrogens is 1. The second kappa shape index (κ2) is 14.2. The molecule has 1 saturated heterocycles. The van der Waals surface area contributed by atoms with Crippen LogP contribution in [0.3, 0.4) is 0 Å². The quantitative estimate of drug-likeness (QED) is 0.313. The Kier molecular flexibility index (Phi) is 10.0. The monoisotopic (exact) mass is 732 g/mol. The van der Waals surface area contributed by atoms with Crippen LogP contribution in [0.4, 0.5) is 40.8 Å². The van der Waals surface area contributed by atoms with Gasteiger partial charge in [0.15, 0.2) is 0 Å². The normalized spacial score (nSPS) is 19.3. The zero-order chi connectivity index (χ0) is 38.4. The Morgan fingerprint density at radius 3 is 2.42 bits per heavy atom. The highest BCUT2D eigenvalue weighted by Crippen LogP contribution is 2.42. The van der Waals surface area contributed by atoms with E-state index < -0.39 is 47.2 Å². The number of aryl methyl sites for hydroxylation is 2. The first-order chi connectivity index (χ1) is 24.9. The van der Waals surface area contributed by atoms with Crippen molar-refractivity contribution in [1.29, 1.82) is 0 Å². The van der Waals surface area contributed by atoms with E-state index in [0.29, 0.717) is 36.5 Å². The van der Waals surface area contributed by atoms with E-state index in [1.807, 2.05) is 43.3 Å². The van der Waals surface area contributed by atoms with E-state index in [4.69, 9.17) is 4.74 Å². The van der Waals surface area contributed by atoms with Gasteiger partial charge in [-0.05, 0) is 82.5 Å². The number of fused-ring (bicyclic) bond motifs is 2. The highest BCUT2D eigenvalue weighted by molar-refractivity contribution is 6.10. The Balaban J connectivity index is 1.23. The van der Waals surface area contributed by atoms with Gasteiger partial charge in [0.2, 0.25) is 11.8 Å². The molecule has 3 aliphatic heterocycles. The van der Waals surface area contributed by atoms with Crippen LogP contribution in [0.25, 0.3) is 0 Å². The Hall–Kier alpha value is -5.40. The molecule has 3 aliphatic rings. The summed E-state index contributed by atoms with van der Waals surface area (Å²) in [6, 6.07) is 13.6. The number of carbonyl (C=O) groups is 4. The number of rotatable bonds is 5. The van der Waals surface area contributed by atoms with Crippen LogP contribution in [-0.2, 0) is 31.8 Å². The van der Waals surface area contributed by atoms with Crippen molar-refractivity contribution in [3.05, 3.63) is 88.6 Å². The molecule has 0 bridgehead atoms. The van der Waals surface area contributed by atoms with Gasteiger partial charge in [0, 0.05) is 56.0 Å². The number of hydrogen-bond acceptors (Lipinski definition) is 7. The fraction of sp³-hybridized carbons (Fsp3) is 0.410. The van der Waals surface area contributed by atoms with Gasteiger partial charge in [-0.1, -0.05) is 30.3 Å². The third kappa shape index (κ3) is 8.01. The largest absolute Gasteiger partial charge is 0.444 e. The molecule has 0 spiro atoms. The van der Waals surface area contributed by atoms with Crippen LogP contribution in [0, 0.1) is 19.8 Å². The summed E-state index contributed by atoms with van der Waals surface area (Å²) in [5.74, 6) is -1.96. The van der Waals surface area contributed by atoms with Crippen LogP contribution in [0.1, 0.15) is 56.0 Å². The minimum atomic E-state index is -4.66. The SMILES string of the molecule is Cc1cc(C(F)(F)F)cc(N2C(=O)C[C@@H]3CN(Cc4ccc(NC(=O)C5=CCCN(C(=O)OC(C)(C)C)C5)cc4)c4c(C)cccc4N(C)C(=O)[C@H]32)n1. The summed E-state index contributed by atoms with van der Waals surface area (Å²) in [7, 11) is 1.61. The van der Waals surface area contributed by atoms with Crippen LogP contribution in [0.5, 0.6) is 0 Å². The average Bonchev–Trinajstić information content (AvgIpc) is 3.41. The first-order valence-corrected chi connectivity index (χ1v) is 17.5. The molecule has 6 rings (SSSR count). The number of amides is 4. The number of benzene rings is 2. The lowest BCUT2D eigenvalue weighted by molar-refractivity contribution is -0.137. The van der Waals surface area contributed by atoms with Crippen LogP contribution in [-0.4, -0.2) is 72.0 Å². The zero-order valence-corrected chi connectivity index (χ0v) is 30.6. The van der Waals surface area contributed by atoms with E-state index in [1.54, 1.807) is 40.0 Å². The van der Waals surface area contributed by atoms with E-state index in [-0.39, 0.29) is 36.9 Å². The second-order valence-corrected chi connectivity index (χ2v) is 14.8. The van der Waals surface area contributed by atoms with Crippen LogP contribution in [0.2, 0.25) is 0 Å². The summed E-state index contributed by atoms with van der Waals surface area (Å²) in [6.07, 6.45) is -2.83. The molecule has 1 N–H and O–H groups in total. The van der Waals surface area contributed by atoms with Gasteiger partial charge in [0.25, 0.3) is 5.91 Å². The smallest absolute Gasteiger partial charge is 0.416 e. The fourth-order valence-electron chi connectivity index (χ4n) is 7.16. The van der Waals surface area contributed by atoms with E-state index in [2.05, 4.69) is 15.2 Å². The molecule has 1 aromatic heterocycles. The van der Waals surface area contributed by atoms with Crippen molar-refractivity contribution in [2.24, 2.45) is 5.92 Å². The van der Waals surface area contributed by atoms with Crippen molar-refractivity contribution in [2.75, 3.05) is 46.7 Å². The number of hydrogen-bond donors (Lipinski definition) is 1. The maximum Gasteiger partial charge on any atom is 0.416 e. The van der Waals surface area contributed by atoms with Gasteiger partial charge in [0.1, 0.15) is 17.5 Å². The summed E-state index contributed by atoms with van der Waals surface area (Å²) in [4.78, 5) is 64.0. The average molecular weight is 733 g/mol. The molecule has 2 atom stereocenters. The molecule has 2 aromatic carbocycles. The van der Waals surface area contributed by atoms with Crippen molar-refractivity contribution in [3.63, 3.8) is 0 Å². The van der Waals surface area contributed by atoms with Gasteiger partial charge in [-0.2, -0.15) is 13.2 Å². The van der Waals surface area contributed by atoms with Crippen LogP contribution >= 0.6 is 0 Å². The molecular weight excluding hydrogens is 689 g/mol. The number of carbonyl (C=O) groups excluding carboxylic acids is 4. The molecular formula is C39H43F3N6O5. The lowest BCUT2D eigenvalue weighted by Gasteiger charge is -2.39. The summed E-state index contributed by atoms with van der Waals surface area (Å²) < 4.78 is 46.8. The molecule has 53 heavy (non-hydrogen) atoms. The van der Waals surface area contributed by atoms with Crippen molar-refractivity contribution < 1.29 is 37.1 Å². The number of nitrogens with zero attached hydrogens (tertiary/aromatic N) is 5. The Morgan fingerprint density at radius 2 is 1.74 bits per heavy atom. The Labute approximate surface area is 306 Å². The highest BCUT2D eigenvalue weighted by atomic mass is 19.4. The molecule has 3 aromatic rings. The minimum Gasteiger partial charge on any atom is -0.444 e. The van der Waals surface area contributed by atoms with Crippen molar-refractivity contribution in [1.82, 2.24) is 9.88 Å². The standard InChI is InChI=1S/C39H43F3N6O5/c1-23-9-7-11-30-33(23)47(20-25-12-14-29(15-13-25)44-35(50)26-10-8-16-46(21-26)37(52)53-38(3,4)5)22-27-18-32(49)48(34(27)36(51)45(30)6)31-19-28(39(40,41)42)17-24(2)43-31/h7,9-15,17,19,27,34H,8,16,18,20-22H2,1-6H3,(H,44,50)/t27-,34+/m1/s1. The number of halogens is 3. The number of para-hydroxylation sites is 1. The van der Waals surface area contributed by atoms with Gasteiger partial charge in [-0.25, -0.2) is 9.78 Å². The summed E-state index contributed by atoms with van der Waals surface area (Å²) >= 11 is 0. The predicted molar refractivity (Wildman–Crippen MR) is 195 cm³/mol. The molecule has 4 amide bonds. The third-order valence-corrected chi connectivity index (χ3v) is 9.56. The number of pyridine rings is 1. The lowest BCUT2D eigenvalue weighted by atomic mass is 9.94. The molecule has 14 heteroatoms. The first kappa shape index (κ1) is 37.4. The van der Waals surface area contributed by atoms with Gasteiger partial charge >= 0.3 is 12.3 Å². The number of alkyl halides is 3. The van der Waals surface area contributed by atoms with Crippen molar-refractivity contribution in [3.8, 4) is 0 Å². The van der Waals surface area contributed by atoms with Gasteiger partial charge in [-0.3, -0.25) is 19.3 Å². The highest BCUT2D eigenvalue weighted by Gasteiger charge is 2.49. The molecule has 0 radical (unpaired) electrons. The Morgan fingerprint density at radius 1 is 1.02 bits per heavy atom. The van der Waals surface area contributed by atoms with Crippen molar-refractivity contribution >= 4 is 46.7 Å². The lowest BCUT2D eigenvalue weighted by Crippen LogP contribution is -2.52. The maximum atomic E-state index is 14.2. The molecule has 0 unspecified atom stereocenters. The molecule has 280 valence electrons. The molecule has 1 fully saturated rings. The van der Waals surface area contributed by atoms with Gasteiger partial charge < -0.3 is 24.8 Å². The maximum absolute atomic E-state index is 14.2. The molecule has 0 aliphatic carbocycles. The summed E-state index contributed by atoms with van der Waals surface area (Å²) in [5, 5.41) is 2.91. The molecule has 4 heterocycles. The van der Waals surface area contributed by atoms with E-state index >= 15 is 0 Å². The summed E-state index contributed by atoms with van der Waals surface area (Å²) in [6.45, 7) is 9.97. The number of nitrogens with one attached hydrogen (secondary N) is 1. The number of anilines is 4. The molecule has 11 nitrogen and oxygen atoms in total. The minimum absolute atomic E-state index is 0.0505. The van der Waals surface area contributed by atoms with Crippen LogP contribution in [0.15, 0.2) is 66.2 Å². The van der Waals surface area contributed by atoms with Crippen molar-refractivity contribution in [2.45, 2.75) is 71.8 Å². The second-order valence-electron chi connectivity index (χ2n) is 14.8. The summed E-state index contributed by atoms with van der Waals surface area (Å²) in [5.41, 5.74) is 2.70. The number of ether oxygens (including phenoxy) is 1. The fourth-order valence-corrected chi connectivity index (χ4v) is 7.16. The topological polar surface area (TPSA) is 115 Å². The van der Waals surface area contributed by atoms with E-state index in [9.17, 15) is 32.3 Å². The molecule has 0 saturated carbocycles.